The number of H-pyrrole nitrogens is 1. The Bertz CT molecular complexity index is 929. The molecule has 0 bridgehead atoms. The molecule has 4 heterocycles. The number of aromatic amines is 1. The quantitative estimate of drug-likeness (QED) is 0.727. The van der Waals surface area contributed by atoms with Crippen molar-refractivity contribution in [2.75, 3.05) is 26.0 Å². The van der Waals surface area contributed by atoms with Crippen molar-refractivity contribution in [3.8, 4) is 0 Å². The molecular weight excluding hydrogens is 334 g/mol. The number of rotatable bonds is 3. The van der Waals surface area contributed by atoms with Crippen LogP contribution >= 0.6 is 0 Å². The van der Waals surface area contributed by atoms with Crippen molar-refractivity contribution < 1.29 is 4.79 Å². The first-order valence-electron chi connectivity index (χ1n) is 8.51. The molecule has 0 radical (unpaired) electrons. The van der Waals surface area contributed by atoms with Gasteiger partial charge in [-0.2, -0.15) is 5.10 Å². The van der Waals surface area contributed by atoms with Gasteiger partial charge in [0.1, 0.15) is 11.8 Å². The third-order valence-corrected chi connectivity index (χ3v) is 4.38. The van der Waals surface area contributed by atoms with E-state index in [1.165, 1.54) is 6.33 Å². The molecule has 2 amide bonds. The Morgan fingerprint density at radius 2 is 2.19 bits per heavy atom. The van der Waals surface area contributed by atoms with Gasteiger partial charge in [0, 0.05) is 27.2 Å². The third kappa shape index (κ3) is 3.05. The van der Waals surface area contributed by atoms with Crippen molar-refractivity contribution in [3.63, 3.8) is 0 Å². The van der Waals surface area contributed by atoms with E-state index in [2.05, 4.69) is 30.4 Å². The summed E-state index contributed by atoms with van der Waals surface area (Å²) in [6.45, 7) is 2.66. The molecule has 0 saturated heterocycles. The van der Waals surface area contributed by atoms with Gasteiger partial charge in [0.25, 0.3) is 0 Å². The van der Waals surface area contributed by atoms with Crippen molar-refractivity contribution >= 4 is 23.0 Å². The van der Waals surface area contributed by atoms with Crippen LogP contribution < -0.4 is 5.32 Å². The molecule has 0 fully saturated rings. The van der Waals surface area contributed by atoms with Crippen LogP contribution in [0, 0.1) is 0 Å². The zero-order valence-electron chi connectivity index (χ0n) is 14.8. The van der Waals surface area contributed by atoms with Gasteiger partial charge >= 0.3 is 6.03 Å². The summed E-state index contributed by atoms with van der Waals surface area (Å²) in [5, 5.41) is 7.95. The van der Waals surface area contributed by atoms with Crippen LogP contribution in [0.1, 0.15) is 17.8 Å². The average Bonchev–Trinajstić information content (AvgIpc) is 3.21. The zero-order valence-corrected chi connectivity index (χ0v) is 14.8. The number of urea groups is 1. The molecule has 0 saturated carbocycles. The lowest BCUT2D eigenvalue weighted by Gasteiger charge is -2.23. The summed E-state index contributed by atoms with van der Waals surface area (Å²) in [5.74, 6) is 0.695. The lowest BCUT2D eigenvalue weighted by atomic mass is 10.3. The van der Waals surface area contributed by atoms with Crippen LogP contribution in [0.4, 0.5) is 10.6 Å². The standard InChI is InChI=1S/C16H21N9O/c1-23(2)16(26)24-4-3-5-25-12(8-24)6-11(22-25)7-17-14-13-15(19-9-18-13)21-10-20-14/h6,9-10H,3-5,7-8H2,1-2H3,(H2,17,18,19,20,21). The molecule has 3 aromatic rings. The monoisotopic (exact) mass is 355 g/mol. The molecule has 136 valence electrons. The van der Waals surface area contributed by atoms with E-state index in [1.807, 2.05) is 15.6 Å². The molecule has 1 aliphatic rings. The van der Waals surface area contributed by atoms with Crippen LogP contribution in [0.5, 0.6) is 0 Å². The molecule has 0 aromatic carbocycles. The molecule has 3 aromatic heterocycles. The number of fused-ring (bicyclic) bond motifs is 2. The topological polar surface area (TPSA) is 108 Å². The van der Waals surface area contributed by atoms with Crippen LogP contribution in [0.2, 0.25) is 0 Å². The van der Waals surface area contributed by atoms with E-state index in [1.54, 1.807) is 25.3 Å². The fourth-order valence-electron chi connectivity index (χ4n) is 3.13. The maximum Gasteiger partial charge on any atom is 0.319 e. The largest absolute Gasteiger partial charge is 0.362 e. The van der Waals surface area contributed by atoms with Crippen molar-refractivity contribution in [1.29, 1.82) is 0 Å². The first-order valence-corrected chi connectivity index (χ1v) is 8.51. The van der Waals surface area contributed by atoms with Crippen LogP contribution in [0.25, 0.3) is 11.2 Å². The molecule has 1 aliphatic heterocycles. The predicted molar refractivity (Wildman–Crippen MR) is 95.3 cm³/mol. The first kappa shape index (κ1) is 16.3. The van der Waals surface area contributed by atoms with Gasteiger partial charge in [0.2, 0.25) is 0 Å². The number of hydrogen-bond donors (Lipinski definition) is 2. The Labute approximate surface area is 150 Å². The number of nitrogens with one attached hydrogen (secondary N) is 2. The lowest BCUT2D eigenvalue weighted by molar-refractivity contribution is 0.169. The van der Waals surface area contributed by atoms with Crippen molar-refractivity contribution in [2.24, 2.45) is 0 Å². The highest BCUT2D eigenvalue weighted by molar-refractivity contribution is 5.81. The molecule has 2 N–H and O–H groups in total. The van der Waals surface area contributed by atoms with Crippen LogP contribution in [-0.2, 0) is 19.6 Å². The van der Waals surface area contributed by atoms with Crippen LogP contribution in [0.15, 0.2) is 18.7 Å². The number of hydrogen-bond acceptors (Lipinski definition) is 6. The van der Waals surface area contributed by atoms with Gasteiger partial charge in [-0.1, -0.05) is 0 Å². The van der Waals surface area contributed by atoms with Crippen LogP contribution in [-0.4, -0.2) is 66.2 Å². The Balaban J connectivity index is 1.49. The molecule has 0 aliphatic carbocycles. The maximum atomic E-state index is 12.3. The average molecular weight is 355 g/mol. The van der Waals surface area contributed by atoms with Gasteiger partial charge in [0.15, 0.2) is 11.5 Å². The number of aromatic nitrogens is 6. The van der Waals surface area contributed by atoms with E-state index in [0.717, 1.165) is 36.4 Å². The second-order valence-corrected chi connectivity index (χ2v) is 6.48. The molecular formula is C16H21N9O. The van der Waals surface area contributed by atoms with Gasteiger partial charge in [-0.3, -0.25) is 4.68 Å². The summed E-state index contributed by atoms with van der Waals surface area (Å²) in [4.78, 5) is 31.3. The SMILES string of the molecule is CN(C)C(=O)N1CCCn2nc(CNc3ncnc4nc[nH]c34)cc2C1. The van der Waals surface area contributed by atoms with Gasteiger partial charge in [-0.05, 0) is 12.5 Å². The summed E-state index contributed by atoms with van der Waals surface area (Å²) in [6, 6.07) is 2.07. The number of carbonyl (C=O) groups excluding carboxylic acids is 1. The Hall–Kier alpha value is -3.17. The number of amides is 2. The number of carbonyl (C=O) groups is 1. The second kappa shape index (κ2) is 6.62. The Morgan fingerprint density at radius 1 is 1.31 bits per heavy atom. The molecule has 10 nitrogen and oxygen atoms in total. The van der Waals surface area contributed by atoms with E-state index >= 15 is 0 Å². The number of nitrogens with zero attached hydrogens (tertiary/aromatic N) is 7. The zero-order chi connectivity index (χ0) is 18.1. The summed E-state index contributed by atoms with van der Waals surface area (Å²) in [7, 11) is 3.55. The minimum Gasteiger partial charge on any atom is -0.362 e. The van der Waals surface area contributed by atoms with Crippen molar-refractivity contribution in [1.82, 2.24) is 39.5 Å². The third-order valence-electron chi connectivity index (χ3n) is 4.38. The summed E-state index contributed by atoms with van der Waals surface area (Å²) >= 11 is 0. The molecule has 4 rings (SSSR count). The molecule has 0 spiro atoms. The van der Waals surface area contributed by atoms with Gasteiger partial charge < -0.3 is 20.1 Å². The molecule has 0 atom stereocenters. The summed E-state index contributed by atoms with van der Waals surface area (Å²) in [6.07, 6.45) is 3.97. The van der Waals surface area contributed by atoms with E-state index in [9.17, 15) is 4.79 Å². The number of anilines is 1. The van der Waals surface area contributed by atoms with E-state index in [0.29, 0.717) is 24.6 Å². The smallest absolute Gasteiger partial charge is 0.319 e. The highest BCUT2D eigenvalue weighted by Crippen LogP contribution is 2.18. The molecule has 10 heteroatoms. The Morgan fingerprint density at radius 3 is 3.04 bits per heavy atom. The minimum absolute atomic E-state index is 0.0296. The number of imidazole rings is 1. The summed E-state index contributed by atoms with van der Waals surface area (Å²) in [5.41, 5.74) is 3.35. The lowest BCUT2D eigenvalue weighted by Crippen LogP contribution is -2.38. The van der Waals surface area contributed by atoms with Gasteiger partial charge in [-0.15, -0.1) is 0 Å². The number of aryl methyl sites for hydroxylation is 1. The van der Waals surface area contributed by atoms with Gasteiger partial charge in [-0.25, -0.2) is 19.7 Å². The van der Waals surface area contributed by atoms with Crippen molar-refractivity contribution in [2.45, 2.75) is 26.1 Å². The van der Waals surface area contributed by atoms with E-state index in [4.69, 9.17) is 0 Å². The fraction of sp³-hybridized carbons (Fsp3) is 0.438. The second-order valence-electron chi connectivity index (χ2n) is 6.48. The summed E-state index contributed by atoms with van der Waals surface area (Å²) < 4.78 is 1.99. The maximum absolute atomic E-state index is 12.3. The first-order chi connectivity index (χ1) is 12.6. The minimum atomic E-state index is 0.0296. The van der Waals surface area contributed by atoms with E-state index in [-0.39, 0.29) is 6.03 Å². The normalized spacial score (nSPS) is 14.2. The van der Waals surface area contributed by atoms with Gasteiger partial charge in [0.05, 0.1) is 30.8 Å². The Kier molecular flexibility index (Phi) is 4.15. The van der Waals surface area contributed by atoms with E-state index < -0.39 is 0 Å². The fourth-order valence-corrected chi connectivity index (χ4v) is 3.13. The highest BCUT2D eigenvalue weighted by Gasteiger charge is 2.21. The molecule has 26 heavy (non-hydrogen) atoms. The van der Waals surface area contributed by atoms with Crippen molar-refractivity contribution in [3.05, 3.63) is 30.1 Å². The highest BCUT2D eigenvalue weighted by atomic mass is 16.2. The van der Waals surface area contributed by atoms with Crippen LogP contribution in [0.3, 0.4) is 0 Å². The molecule has 0 unspecified atom stereocenters. The predicted octanol–water partition coefficient (Wildman–Crippen LogP) is 1.05.